The van der Waals surface area contributed by atoms with Gasteiger partial charge < -0.3 is 20.1 Å². The maximum absolute atomic E-state index is 11.6. The van der Waals surface area contributed by atoms with Crippen molar-refractivity contribution in [1.29, 1.82) is 0 Å². The van der Waals surface area contributed by atoms with Gasteiger partial charge in [-0.1, -0.05) is 0 Å². The van der Waals surface area contributed by atoms with Crippen molar-refractivity contribution in [1.82, 2.24) is 10.6 Å². The molecule has 2 heterocycles. The molecule has 1 unspecified atom stereocenters. The molecule has 104 valence electrons. The van der Waals surface area contributed by atoms with Gasteiger partial charge in [0.2, 0.25) is 5.91 Å². The molecule has 2 aliphatic rings. The van der Waals surface area contributed by atoms with Crippen molar-refractivity contribution in [3.63, 3.8) is 0 Å². The highest BCUT2D eigenvalue weighted by molar-refractivity contribution is 5.77. The van der Waals surface area contributed by atoms with E-state index in [1.54, 1.807) is 0 Å². The molecule has 5 nitrogen and oxygen atoms in total. The molecular formula is C13H24N2O3. The summed E-state index contributed by atoms with van der Waals surface area (Å²) in [6.45, 7) is 4.65. The van der Waals surface area contributed by atoms with E-state index >= 15 is 0 Å². The summed E-state index contributed by atoms with van der Waals surface area (Å²) >= 11 is 0. The molecule has 2 saturated heterocycles. The monoisotopic (exact) mass is 256 g/mol. The third kappa shape index (κ3) is 4.92. The van der Waals surface area contributed by atoms with E-state index in [-0.39, 0.29) is 18.6 Å². The van der Waals surface area contributed by atoms with Gasteiger partial charge in [-0.05, 0) is 44.7 Å². The first-order chi connectivity index (χ1) is 8.84. The van der Waals surface area contributed by atoms with E-state index in [2.05, 4.69) is 10.6 Å². The van der Waals surface area contributed by atoms with Crippen molar-refractivity contribution < 1.29 is 14.3 Å². The lowest BCUT2D eigenvalue weighted by Gasteiger charge is -2.22. The highest BCUT2D eigenvalue weighted by atomic mass is 16.5. The van der Waals surface area contributed by atoms with Crippen molar-refractivity contribution in [3.8, 4) is 0 Å². The predicted octanol–water partition coefficient (Wildman–Crippen LogP) is 0.298. The minimum Gasteiger partial charge on any atom is -0.381 e. The van der Waals surface area contributed by atoms with Crippen LogP contribution in [0.25, 0.3) is 0 Å². The molecular weight excluding hydrogens is 232 g/mol. The molecule has 0 spiro atoms. The molecule has 0 saturated carbocycles. The summed E-state index contributed by atoms with van der Waals surface area (Å²) in [4.78, 5) is 11.6. The molecule has 1 atom stereocenters. The van der Waals surface area contributed by atoms with Crippen LogP contribution in [0.15, 0.2) is 0 Å². The molecule has 5 heteroatoms. The fourth-order valence-corrected chi connectivity index (χ4v) is 2.43. The molecule has 2 N–H and O–H groups in total. The maximum atomic E-state index is 11.6. The van der Waals surface area contributed by atoms with Gasteiger partial charge in [0, 0.05) is 19.8 Å². The van der Waals surface area contributed by atoms with E-state index in [9.17, 15) is 4.79 Å². The Hall–Kier alpha value is -0.650. The molecule has 18 heavy (non-hydrogen) atoms. The highest BCUT2D eigenvalue weighted by Crippen LogP contribution is 2.15. The lowest BCUT2D eigenvalue weighted by Crippen LogP contribution is -2.36. The quantitative estimate of drug-likeness (QED) is 0.717. The second-order valence-corrected chi connectivity index (χ2v) is 5.13. The van der Waals surface area contributed by atoms with E-state index in [1.807, 2.05) is 0 Å². The predicted molar refractivity (Wildman–Crippen MR) is 68.4 cm³/mol. The Balaban J connectivity index is 1.49. The zero-order chi connectivity index (χ0) is 12.6. The summed E-state index contributed by atoms with van der Waals surface area (Å²) in [6, 6.07) is 0. The van der Waals surface area contributed by atoms with Crippen LogP contribution in [0, 0.1) is 5.92 Å². The highest BCUT2D eigenvalue weighted by Gasteiger charge is 2.16. The van der Waals surface area contributed by atoms with Gasteiger partial charge in [-0.25, -0.2) is 0 Å². The fraction of sp³-hybridized carbons (Fsp3) is 0.923. The number of hydrogen-bond donors (Lipinski definition) is 2. The number of ether oxygens (including phenoxy) is 2. The van der Waals surface area contributed by atoms with E-state index in [1.165, 1.54) is 0 Å². The van der Waals surface area contributed by atoms with Crippen LogP contribution in [0.3, 0.4) is 0 Å². The fourth-order valence-electron chi connectivity index (χ4n) is 2.43. The van der Waals surface area contributed by atoms with Crippen LogP contribution in [-0.2, 0) is 14.3 Å². The largest absolute Gasteiger partial charge is 0.381 e. The molecule has 2 fully saturated rings. The van der Waals surface area contributed by atoms with Gasteiger partial charge in [-0.2, -0.15) is 0 Å². The van der Waals surface area contributed by atoms with Gasteiger partial charge in [0.25, 0.3) is 0 Å². The normalized spacial score (nSPS) is 25.2. The zero-order valence-corrected chi connectivity index (χ0v) is 11.0. The Bertz CT molecular complexity index is 249. The number of amides is 1. The van der Waals surface area contributed by atoms with Gasteiger partial charge in [-0.15, -0.1) is 0 Å². The summed E-state index contributed by atoms with van der Waals surface area (Å²) in [5.74, 6) is 0.628. The van der Waals surface area contributed by atoms with Crippen LogP contribution in [0.4, 0.5) is 0 Å². The minimum atomic E-state index is 0.00690. The van der Waals surface area contributed by atoms with Crippen LogP contribution < -0.4 is 10.6 Å². The standard InChI is InChI=1S/C13H24N2O3/c16-13(10-18-12-2-5-14-6-3-12)15-7-1-11-4-8-17-9-11/h11-12,14H,1-10H2,(H,15,16). The minimum absolute atomic E-state index is 0.00690. The molecule has 0 aromatic carbocycles. The second-order valence-electron chi connectivity index (χ2n) is 5.13. The number of piperidine rings is 1. The van der Waals surface area contributed by atoms with Crippen molar-refractivity contribution in [3.05, 3.63) is 0 Å². The van der Waals surface area contributed by atoms with Crippen molar-refractivity contribution in [2.75, 3.05) is 39.5 Å². The number of hydrogen-bond acceptors (Lipinski definition) is 4. The number of carbonyl (C=O) groups excluding carboxylic acids is 1. The molecule has 0 radical (unpaired) electrons. The summed E-state index contributed by atoms with van der Waals surface area (Å²) in [5.41, 5.74) is 0. The molecule has 2 aliphatic heterocycles. The lowest BCUT2D eigenvalue weighted by molar-refractivity contribution is -0.128. The molecule has 0 aromatic rings. The van der Waals surface area contributed by atoms with Crippen LogP contribution >= 0.6 is 0 Å². The van der Waals surface area contributed by atoms with Crippen LogP contribution in [0.5, 0.6) is 0 Å². The van der Waals surface area contributed by atoms with Crippen LogP contribution in [0.2, 0.25) is 0 Å². The Morgan fingerprint density at radius 1 is 1.33 bits per heavy atom. The SMILES string of the molecule is O=C(COC1CCNCC1)NCCC1CCOC1. The van der Waals surface area contributed by atoms with Gasteiger partial charge in [0.1, 0.15) is 6.61 Å². The van der Waals surface area contributed by atoms with E-state index in [4.69, 9.17) is 9.47 Å². The summed E-state index contributed by atoms with van der Waals surface area (Å²) in [5, 5.41) is 6.19. The summed E-state index contributed by atoms with van der Waals surface area (Å²) in [7, 11) is 0. The average Bonchev–Trinajstić information content (AvgIpc) is 2.91. The average molecular weight is 256 g/mol. The lowest BCUT2D eigenvalue weighted by atomic mass is 10.1. The molecule has 0 bridgehead atoms. The topological polar surface area (TPSA) is 59.6 Å². The Morgan fingerprint density at radius 3 is 2.89 bits per heavy atom. The third-order valence-electron chi connectivity index (χ3n) is 3.64. The summed E-state index contributed by atoms with van der Waals surface area (Å²) < 4.78 is 10.9. The van der Waals surface area contributed by atoms with E-state index in [0.717, 1.165) is 58.5 Å². The first-order valence-electron chi connectivity index (χ1n) is 7.01. The first-order valence-corrected chi connectivity index (χ1v) is 7.01. The van der Waals surface area contributed by atoms with Crippen LogP contribution in [-0.4, -0.2) is 51.5 Å². The van der Waals surface area contributed by atoms with Gasteiger partial charge in [0.15, 0.2) is 0 Å². The van der Waals surface area contributed by atoms with Crippen molar-refractivity contribution >= 4 is 5.91 Å². The maximum Gasteiger partial charge on any atom is 0.246 e. The molecule has 2 rings (SSSR count). The van der Waals surface area contributed by atoms with E-state index < -0.39 is 0 Å². The Morgan fingerprint density at radius 2 is 2.17 bits per heavy atom. The number of carbonyl (C=O) groups is 1. The number of nitrogens with one attached hydrogen (secondary N) is 2. The second kappa shape index (κ2) is 7.71. The van der Waals surface area contributed by atoms with E-state index in [0.29, 0.717) is 5.92 Å². The first kappa shape index (κ1) is 13.8. The Labute approximate surface area is 109 Å². The molecule has 0 aromatic heterocycles. The smallest absolute Gasteiger partial charge is 0.246 e. The molecule has 1 amide bonds. The number of rotatable bonds is 6. The third-order valence-corrected chi connectivity index (χ3v) is 3.64. The van der Waals surface area contributed by atoms with Gasteiger partial charge >= 0.3 is 0 Å². The van der Waals surface area contributed by atoms with Crippen LogP contribution in [0.1, 0.15) is 25.7 Å². The van der Waals surface area contributed by atoms with Gasteiger partial charge in [0.05, 0.1) is 6.10 Å². The van der Waals surface area contributed by atoms with Crippen molar-refractivity contribution in [2.24, 2.45) is 5.92 Å². The molecule has 0 aliphatic carbocycles. The van der Waals surface area contributed by atoms with Gasteiger partial charge in [-0.3, -0.25) is 4.79 Å². The summed E-state index contributed by atoms with van der Waals surface area (Å²) in [6.07, 6.45) is 4.40. The zero-order valence-electron chi connectivity index (χ0n) is 11.0. The Kier molecular flexibility index (Phi) is 5.90. The van der Waals surface area contributed by atoms with Crippen molar-refractivity contribution in [2.45, 2.75) is 31.8 Å².